The predicted molar refractivity (Wildman–Crippen MR) is 139 cm³/mol. The first-order valence-corrected chi connectivity index (χ1v) is 11.8. The van der Waals surface area contributed by atoms with Crippen LogP contribution in [0.5, 0.6) is 5.75 Å². The number of benzene rings is 2. The molecule has 4 N–H and O–H groups in total. The summed E-state index contributed by atoms with van der Waals surface area (Å²) in [6.07, 6.45) is 3.02. The van der Waals surface area contributed by atoms with Gasteiger partial charge in [0.25, 0.3) is 5.91 Å². The van der Waals surface area contributed by atoms with E-state index in [9.17, 15) is 14.4 Å². The molecule has 1 heterocycles. The van der Waals surface area contributed by atoms with E-state index in [0.29, 0.717) is 11.3 Å². The van der Waals surface area contributed by atoms with Crippen molar-refractivity contribution in [3.63, 3.8) is 0 Å². The molecular formula is C27H33N5O5. The van der Waals surface area contributed by atoms with Crippen molar-refractivity contribution >= 4 is 23.4 Å². The quantitative estimate of drug-likeness (QED) is 0.342. The number of imidazole rings is 1. The monoisotopic (exact) mass is 507 g/mol. The lowest BCUT2D eigenvalue weighted by Gasteiger charge is -2.23. The van der Waals surface area contributed by atoms with Gasteiger partial charge in [-0.2, -0.15) is 0 Å². The van der Waals surface area contributed by atoms with Gasteiger partial charge in [-0.25, -0.2) is 4.98 Å². The van der Waals surface area contributed by atoms with Crippen molar-refractivity contribution in [2.75, 3.05) is 19.0 Å². The summed E-state index contributed by atoms with van der Waals surface area (Å²) in [7, 11) is 1.55. The summed E-state index contributed by atoms with van der Waals surface area (Å²) < 4.78 is 12.6. The minimum atomic E-state index is -1.19. The largest absolute Gasteiger partial charge is 0.497 e. The highest BCUT2D eigenvalue weighted by Crippen LogP contribution is 2.24. The van der Waals surface area contributed by atoms with E-state index in [2.05, 4.69) is 15.6 Å². The Labute approximate surface area is 216 Å². The number of hydrogen-bond acceptors (Lipinski definition) is 7. The minimum Gasteiger partial charge on any atom is -0.497 e. The second-order valence-corrected chi connectivity index (χ2v) is 9.23. The zero-order valence-corrected chi connectivity index (χ0v) is 21.4. The van der Waals surface area contributed by atoms with Crippen LogP contribution in [0.25, 0.3) is 0 Å². The second kappa shape index (κ2) is 12.3. The van der Waals surface area contributed by atoms with Crippen LogP contribution in [-0.4, -0.2) is 52.4 Å². The van der Waals surface area contributed by atoms with Gasteiger partial charge >= 0.3 is 0 Å². The van der Waals surface area contributed by atoms with Crippen LogP contribution < -0.4 is 21.1 Å². The third kappa shape index (κ3) is 7.73. The number of carbonyl (C=O) groups excluding carboxylic acids is 3. The van der Waals surface area contributed by atoms with Gasteiger partial charge in [0.1, 0.15) is 17.8 Å². The molecule has 0 aliphatic heterocycles. The number of amides is 2. The van der Waals surface area contributed by atoms with E-state index < -0.39 is 29.4 Å². The van der Waals surface area contributed by atoms with Gasteiger partial charge in [-0.15, -0.1) is 0 Å². The van der Waals surface area contributed by atoms with Gasteiger partial charge in [0.05, 0.1) is 32.2 Å². The number of anilines is 1. The zero-order valence-electron chi connectivity index (χ0n) is 21.4. The Hall–Kier alpha value is -4.02. The number of Topliss-reactive ketones (excluding diaryl/α,β-unsaturated/α-hetero) is 1. The molecule has 2 aromatic carbocycles. The normalized spacial score (nSPS) is 12.9. The van der Waals surface area contributed by atoms with Crippen LogP contribution in [0.15, 0.2) is 67.1 Å². The fourth-order valence-corrected chi connectivity index (χ4v) is 3.58. The number of carbonyl (C=O) groups is 3. The lowest BCUT2D eigenvalue weighted by atomic mass is 10.0. The van der Waals surface area contributed by atoms with Crippen LogP contribution in [0, 0.1) is 0 Å². The highest BCUT2D eigenvalue weighted by Gasteiger charge is 2.29. The number of nitrogens with two attached hydrogens (primary N) is 1. The Morgan fingerprint density at radius 1 is 1.11 bits per heavy atom. The number of methoxy groups -OCH3 is 1. The van der Waals surface area contributed by atoms with E-state index in [4.69, 9.17) is 15.2 Å². The van der Waals surface area contributed by atoms with E-state index in [-0.39, 0.29) is 24.8 Å². The van der Waals surface area contributed by atoms with Crippen LogP contribution in [-0.2, 0) is 25.7 Å². The number of aromatic nitrogens is 2. The predicted octanol–water partition coefficient (Wildman–Crippen LogP) is 2.45. The van der Waals surface area contributed by atoms with Gasteiger partial charge < -0.3 is 30.4 Å². The van der Waals surface area contributed by atoms with Gasteiger partial charge in [0.2, 0.25) is 5.91 Å². The first-order valence-electron chi connectivity index (χ1n) is 11.8. The summed E-state index contributed by atoms with van der Waals surface area (Å²) in [5, 5.41) is 5.34. The molecule has 3 aromatic rings. The molecule has 2 amide bonds. The zero-order chi connectivity index (χ0) is 27.0. The molecule has 0 saturated heterocycles. The highest BCUT2D eigenvalue weighted by molar-refractivity contribution is 5.98. The highest BCUT2D eigenvalue weighted by atomic mass is 16.5. The molecule has 37 heavy (non-hydrogen) atoms. The van der Waals surface area contributed by atoms with E-state index in [1.54, 1.807) is 49.9 Å². The summed E-state index contributed by atoms with van der Waals surface area (Å²) in [4.78, 5) is 42.3. The summed E-state index contributed by atoms with van der Waals surface area (Å²) in [5.41, 5.74) is 6.35. The number of rotatable bonds is 12. The average molecular weight is 508 g/mol. The lowest BCUT2D eigenvalue weighted by molar-refractivity contribution is -0.130. The Bertz CT molecular complexity index is 1220. The maximum absolute atomic E-state index is 13.1. The van der Waals surface area contributed by atoms with Crippen molar-refractivity contribution < 1.29 is 23.9 Å². The van der Waals surface area contributed by atoms with Crippen LogP contribution in [0.1, 0.15) is 37.9 Å². The Kier molecular flexibility index (Phi) is 9.15. The molecule has 0 saturated carbocycles. The Morgan fingerprint density at radius 2 is 1.84 bits per heavy atom. The van der Waals surface area contributed by atoms with Crippen LogP contribution in [0.4, 0.5) is 5.82 Å². The van der Waals surface area contributed by atoms with Crippen molar-refractivity contribution in [2.45, 2.75) is 45.0 Å². The first kappa shape index (κ1) is 27.6. The van der Waals surface area contributed by atoms with Gasteiger partial charge in [0, 0.05) is 6.20 Å². The summed E-state index contributed by atoms with van der Waals surface area (Å²) >= 11 is 0. The second-order valence-electron chi connectivity index (χ2n) is 9.23. The molecule has 3 rings (SSSR count). The van der Waals surface area contributed by atoms with Gasteiger partial charge in [-0.05, 0) is 44.0 Å². The number of ketones is 1. The fourth-order valence-electron chi connectivity index (χ4n) is 3.58. The average Bonchev–Trinajstić information content (AvgIpc) is 3.30. The van der Waals surface area contributed by atoms with Crippen molar-refractivity contribution in [3.05, 3.63) is 78.2 Å². The number of nitrogens with zero attached hydrogens (tertiary/aromatic N) is 2. The smallest absolute Gasteiger partial charge is 0.250 e. The maximum Gasteiger partial charge on any atom is 0.250 e. The first-order chi connectivity index (χ1) is 17.6. The van der Waals surface area contributed by atoms with E-state index in [1.807, 2.05) is 36.4 Å². The van der Waals surface area contributed by atoms with Crippen LogP contribution in [0.3, 0.4) is 0 Å². The molecular weight excluding hydrogens is 474 g/mol. The Balaban J connectivity index is 1.74. The lowest BCUT2D eigenvalue weighted by Crippen LogP contribution is -2.56. The molecule has 1 unspecified atom stereocenters. The minimum absolute atomic E-state index is 0.0802. The molecule has 0 aliphatic rings. The molecule has 1 aromatic heterocycles. The van der Waals surface area contributed by atoms with Crippen molar-refractivity contribution in [1.29, 1.82) is 0 Å². The van der Waals surface area contributed by atoms with Gasteiger partial charge in [0.15, 0.2) is 11.6 Å². The SMILES string of the molecule is COc1cccc(C(C(C)=O)n2cnc(NC(=O)[C@@H](COCc3ccccc3)NC(=O)C(C)(C)N)c2)c1. The molecule has 0 radical (unpaired) electrons. The molecule has 0 bridgehead atoms. The molecule has 0 spiro atoms. The molecule has 196 valence electrons. The third-order valence-corrected chi connectivity index (χ3v) is 5.55. The number of hydrogen-bond donors (Lipinski definition) is 3. The van der Waals surface area contributed by atoms with Crippen molar-refractivity contribution in [3.8, 4) is 5.75 Å². The molecule has 10 nitrogen and oxygen atoms in total. The molecule has 10 heteroatoms. The molecule has 2 atom stereocenters. The maximum atomic E-state index is 13.1. The van der Waals surface area contributed by atoms with Gasteiger partial charge in [-0.3, -0.25) is 14.4 Å². The number of ether oxygens (including phenoxy) is 2. The van der Waals surface area contributed by atoms with Crippen molar-refractivity contribution in [2.24, 2.45) is 5.73 Å². The van der Waals surface area contributed by atoms with Crippen LogP contribution >= 0.6 is 0 Å². The molecule has 0 aliphatic carbocycles. The van der Waals surface area contributed by atoms with E-state index >= 15 is 0 Å². The summed E-state index contributed by atoms with van der Waals surface area (Å²) in [6, 6.07) is 15.0. The molecule has 0 fully saturated rings. The number of nitrogens with one attached hydrogen (secondary N) is 2. The standard InChI is InChI=1S/C27H33N5O5/c1-18(33)24(20-11-8-12-21(13-20)36-4)32-14-23(29-17-32)31-25(34)22(30-26(35)27(2,3)28)16-37-15-19-9-6-5-7-10-19/h5-14,17,22,24H,15-16,28H2,1-4H3,(H,30,35)(H,31,34)/t22-,24?/m1/s1. The van der Waals surface area contributed by atoms with E-state index in [0.717, 1.165) is 5.56 Å². The summed E-state index contributed by atoms with van der Waals surface area (Å²) in [5.74, 6) is -0.316. The van der Waals surface area contributed by atoms with Gasteiger partial charge in [-0.1, -0.05) is 42.5 Å². The fraction of sp³-hybridized carbons (Fsp3) is 0.333. The van der Waals surface area contributed by atoms with Crippen LogP contribution in [0.2, 0.25) is 0 Å². The van der Waals surface area contributed by atoms with Crippen molar-refractivity contribution in [1.82, 2.24) is 14.9 Å². The topological polar surface area (TPSA) is 138 Å². The Morgan fingerprint density at radius 3 is 2.49 bits per heavy atom. The van der Waals surface area contributed by atoms with E-state index in [1.165, 1.54) is 13.3 Å². The summed E-state index contributed by atoms with van der Waals surface area (Å²) in [6.45, 7) is 4.76. The third-order valence-electron chi connectivity index (χ3n) is 5.55.